The quantitative estimate of drug-likeness (QED) is 0.368. The van der Waals surface area contributed by atoms with Gasteiger partial charge in [-0.3, -0.25) is 14.0 Å². The summed E-state index contributed by atoms with van der Waals surface area (Å²) in [5.74, 6) is 0.211. The van der Waals surface area contributed by atoms with Gasteiger partial charge in [-0.2, -0.15) is 10.1 Å². The summed E-state index contributed by atoms with van der Waals surface area (Å²) in [6, 6.07) is 8.34. The molecule has 3 N–H and O–H groups in total. The van der Waals surface area contributed by atoms with Crippen molar-refractivity contribution < 1.29 is 9.53 Å². The molecule has 176 valence electrons. The average molecular weight is 461 g/mol. The monoisotopic (exact) mass is 460 g/mol. The van der Waals surface area contributed by atoms with E-state index < -0.39 is 0 Å². The Labute approximate surface area is 197 Å². The van der Waals surface area contributed by atoms with E-state index in [0.717, 1.165) is 41.8 Å². The van der Waals surface area contributed by atoms with Crippen LogP contribution in [0, 0.1) is 5.92 Å². The number of primary amides is 1. The van der Waals surface area contributed by atoms with Gasteiger partial charge in [-0.25, -0.2) is 9.97 Å². The molecule has 3 aromatic heterocycles. The van der Waals surface area contributed by atoms with Crippen LogP contribution in [0.1, 0.15) is 26.2 Å². The van der Waals surface area contributed by atoms with Crippen molar-refractivity contribution in [1.29, 1.82) is 0 Å². The molecule has 4 aromatic rings. The number of carbonyl (C=O) groups excluding carboxylic acids is 1. The van der Waals surface area contributed by atoms with Crippen LogP contribution in [0.25, 0.3) is 28.0 Å². The van der Waals surface area contributed by atoms with E-state index in [9.17, 15) is 4.79 Å². The van der Waals surface area contributed by atoms with E-state index in [4.69, 9.17) is 15.5 Å². The maximum atomic E-state index is 11.5. The molecule has 1 aromatic carbocycles. The molecule has 2 atom stereocenters. The second-order valence-corrected chi connectivity index (χ2v) is 8.51. The van der Waals surface area contributed by atoms with E-state index in [1.807, 2.05) is 40.7 Å². The number of benzene rings is 1. The van der Waals surface area contributed by atoms with Crippen molar-refractivity contribution in [2.75, 3.05) is 18.5 Å². The minimum absolute atomic E-state index is 0.0814. The lowest BCUT2D eigenvalue weighted by Gasteiger charge is -2.12. The fourth-order valence-electron chi connectivity index (χ4n) is 4.37. The van der Waals surface area contributed by atoms with Gasteiger partial charge >= 0.3 is 0 Å². The Hall–Kier alpha value is -3.79. The highest BCUT2D eigenvalue weighted by atomic mass is 16.5. The summed E-state index contributed by atoms with van der Waals surface area (Å²) in [6.07, 6.45) is 9.74. The Morgan fingerprint density at radius 1 is 1.18 bits per heavy atom. The third kappa shape index (κ3) is 4.62. The van der Waals surface area contributed by atoms with Gasteiger partial charge in [0.15, 0.2) is 5.65 Å². The van der Waals surface area contributed by atoms with Crippen LogP contribution < -0.4 is 11.1 Å². The minimum Gasteiger partial charge on any atom is -0.380 e. The highest BCUT2D eigenvalue weighted by molar-refractivity contribution is 5.77. The highest BCUT2D eigenvalue weighted by Crippen LogP contribution is 2.28. The first-order valence-electron chi connectivity index (χ1n) is 11.6. The zero-order valence-corrected chi connectivity index (χ0v) is 19.1. The predicted molar refractivity (Wildman–Crippen MR) is 128 cm³/mol. The van der Waals surface area contributed by atoms with E-state index in [2.05, 4.69) is 32.5 Å². The fraction of sp³-hybridized carbons (Fsp3) is 0.375. The van der Waals surface area contributed by atoms with Crippen LogP contribution in [0.15, 0.2) is 49.2 Å². The molecule has 0 aliphatic heterocycles. The van der Waals surface area contributed by atoms with E-state index in [1.165, 1.54) is 0 Å². The summed E-state index contributed by atoms with van der Waals surface area (Å²) in [7, 11) is 0. The summed E-state index contributed by atoms with van der Waals surface area (Å²) >= 11 is 0. The van der Waals surface area contributed by atoms with Gasteiger partial charge < -0.3 is 15.8 Å². The van der Waals surface area contributed by atoms with Gasteiger partial charge in [-0.15, -0.1) is 0 Å². The van der Waals surface area contributed by atoms with Crippen LogP contribution in [0.4, 0.5) is 5.95 Å². The van der Waals surface area contributed by atoms with Crippen molar-refractivity contribution in [3.8, 4) is 16.8 Å². The largest absolute Gasteiger partial charge is 0.380 e. The molecular formula is C24H28N8O2. The number of carbonyl (C=O) groups is 1. The van der Waals surface area contributed by atoms with Gasteiger partial charge in [0, 0.05) is 36.0 Å². The Kier molecular flexibility index (Phi) is 6.22. The average Bonchev–Trinajstić information content (AvgIpc) is 3.59. The molecule has 10 nitrogen and oxygen atoms in total. The van der Waals surface area contributed by atoms with E-state index in [1.54, 1.807) is 12.5 Å². The molecule has 1 saturated carbocycles. The molecule has 1 amide bonds. The van der Waals surface area contributed by atoms with Gasteiger partial charge in [-0.05, 0) is 43.9 Å². The number of rotatable bonds is 9. The maximum absolute atomic E-state index is 11.5. The van der Waals surface area contributed by atoms with Crippen molar-refractivity contribution in [2.24, 2.45) is 11.7 Å². The van der Waals surface area contributed by atoms with Crippen molar-refractivity contribution >= 4 is 23.0 Å². The van der Waals surface area contributed by atoms with Crippen LogP contribution in [-0.4, -0.2) is 54.5 Å². The number of amides is 1. The second kappa shape index (κ2) is 9.60. The summed E-state index contributed by atoms with van der Waals surface area (Å²) in [5.41, 5.74) is 9.98. The van der Waals surface area contributed by atoms with Crippen molar-refractivity contribution in [3.63, 3.8) is 0 Å². The number of hydrogen-bond acceptors (Lipinski definition) is 7. The Balaban J connectivity index is 1.32. The van der Waals surface area contributed by atoms with Gasteiger partial charge in [0.2, 0.25) is 11.9 Å². The lowest BCUT2D eigenvalue weighted by atomic mass is 10.1. The zero-order chi connectivity index (χ0) is 23.5. The minimum atomic E-state index is -0.236. The van der Waals surface area contributed by atoms with Gasteiger partial charge in [-0.1, -0.05) is 12.1 Å². The van der Waals surface area contributed by atoms with Crippen LogP contribution >= 0.6 is 0 Å². The molecule has 1 aliphatic rings. The number of nitrogens with one attached hydrogen (secondary N) is 1. The number of anilines is 1. The molecule has 1 fully saturated rings. The molecule has 0 spiro atoms. The standard InChI is InChI=1S/C24H28N8O2/c1-2-34-10-9-31-14-18(12-28-31)16-4-7-20(8-5-16)32-15-27-21-13-26-24(30-23(21)32)29-19-6-3-17(11-19)22(25)33/h4-5,7-8,12-15,17,19H,2-3,6,9-11H2,1H3,(H2,25,33)(H,26,29,30)/t17-,19-/m1/s1. The summed E-state index contributed by atoms with van der Waals surface area (Å²) in [4.78, 5) is 25.0. The molecule has 0 saturated heterocycles. The van der Waals surface area contributed by atoms with Crippen molar-refractivity contribution in [2.45, 2.75) is 38.8 Å². The van der Waals surface area contributed by atoms with Gasteiger partial charge in [0.25, 0.3) is 0 Å². The Bertz CT molecular complexity index is 1280. The smallest absolute Gasteiger partial charge is 0.224 e. The number of fused-ring (bicyclic) bond motifs is 1. The number of ether oxygens (including phenoxy) is 1. The molecular weight excluding hydrogens is 432 g/mol. The van der Waals surface area contributed by atoms with Crippen molar-refractivity contribution in [1.82, 2.24) is 29.3 Å². The summed E-state index contributed by atoms with van der Waals surface area (Å²) in [5, 5.41) is 7.76. The lowest BCUT2D eigenvalue weighted by molar-refractivity contribution is -0.121. The first-order chi connectivity index (χ1) is 16.6. The van der Waals surface area contributed by atoms with E-state index in [0.29, 0.717) is 31.1 Å². The number of nitrogens with two attached hydrogens (primary N) is 1. The highest BCUT2D eigenvalue weighted by Gasteiger charge is 2.28. The molecule has 10 heteroatoms. The third-order valence-corrected chi connectivity index (χ3v) is 6.24. The van der Waals surface area contributed by atoms with E-state index >= 15 is 0 Å². The SMILES string of the molecule is CCOCCn1cc(-c2ccc(-n3cnc4cnc(N[C@@H]5CC[C@@H](C(N)=O)C5)nc43)cc2)cn1. The predicted octanol–water partition coefficient (Wildman–Crippen LogP) is 2.78. The molecule has 0 unspecified atom stereocenters. The van der Waals surface area contributed by atoms with Crippen LogP contribution in [0.3, 0.4) is 0 Å². The molecule has 5 rings (SSSR count). The molecule has 0 radical (unpaired) electrons. The third-order valence-electron chi connectivity index (χ3n) is 6.24. The summed E-state index contributed by atoms with van der Waals surface area (Å²) < 4.78 is 9.24. The van der Waals surface area contributed by atoms with Gasteiger partial charge in [0.05, 0.1) is 25.5 Å². The van der Waals surface area contributed by atoms with Crippen molar-refractivity contribution in [3.05, 3.63) is 49.2 Å². The molecule has 3 heterocycles. The number of nitrogens with zero attached hydrogens (tertiary/aromatic N) is 6. The summed E-state index contributed by atoms with van der Waals surface area (Å²) in [6.45, 7) is 4.07. The molecule has 1 aliphatic carbocycles. The normalized spacial score (nSPS) is 17.9. The Morgan fingerprint density at radius 3 is 2.79 bits per heavy atom. The lowest BCUT2D eigenvalue weighted by Crippen LogP contribution is -2.23. The van der Waals surface area contributed by atoms with Crippen LogP contribution in [0.2, 0.25) is 0 Å². The van der Waals surface area contributed by atoms with Crippen LogP contribution in [0.5, 0.6) is 0 Å². The topological polar surface area (TPSA) is 126 Å². The van der Waals surface area contributed by atoms with Gasteiger partial charge in [0.1, 0.15) is 11.8 Å². The first-order valence-corrected chi connectivity index (χ1v) is 11.6. The van der Waals surface area contributed by atoms with E-state index in [-0.39, 0.29) is 17.9 Å². The molecule has 0 bridgehead atoms. The zero-order valence-electron chi connectivity index (χ0n) is 19.1. The maximum Gasteiger partial charge on any atom is 0.224 e. The first kappa shape index (κ1) is 22.0. The number of hydrogen-bond donors (Lipinski definition) is 2. The fourth-order valence-corrected chi connectivity index (χ4v) is 4.37. The number of aromatic nitrogens is 6. The number of imidazole rings is 1. The van der Waals surface area contributed by atoms with Crippen LogP contribution in [-0.2, 0) is 16.1 Å². The Morgan fingerprint density at radius 2 is 2.03 bits per heavy atom. The molecule has 34 heavy (non-hydrogen) atoms. The second-order valence-electron chi connectivity index (χ2n) is 8.51.